The van der Waals surface area contributed by atoms with Crippen LogP contribution in [0.25, 0.3) is 0 Å². The second-order valence-electron chi connectivity index (χ2n) is 2.50. The Balaban J connectivity index is 2.93. The number of rotatable bonds is 3. The van der Waals surface area contributed by atoms with Gasteiger partial charge in [0.1, 0.15) is 0 Å². The molecule has 1 radical (unpaired) electrons. The van der Waals surface area contributed by atoms with Crippen molar-refractivity contribution < 1.29 is 13.5 Å². The Hall–Kier alpha value is -1.23. The summed E-state index contributed by atoms with van der Waals surface area (Å²) >= 11 is 0. The molecule has 1 aromatic carbocycles. The van der Waals surface area contributed by atoms with E-state index in [2.05, 4.69) is 4.72 Å². The molecule has 0 saturated carbocycles. The lowest BCUT2D eigenvalue weighted by molar-refractivity contribution is 0.357. The fraction of sp³-hybridized carbons (Fsp3) is 0.250. The summed E-state index contributed by atoms with van der Waals surface area (Å²) in [5.41, 5.74) is 0.101. The molecule has 1 N–H and O–H groups in total. The van der Waals surface area contributed by atoms with Gasteiger partial charge < -0.3 is 0 Å². The number of nitrogens with one attached hydrogen (secondary N) is 1. The van der Waals surface area contributed by atoms with Gasteiger partial charge in [-0.2, -0.15) is 0 Å². The molecule has 0 atom stereocenters. The summed E-state index contributed by atoms with van der Waals surface area (Å²) in [4.78, 5) is 0. The molecule has 71 valence electrons. The number of sulfonamides is 1. The van der Waals surface area contributed by atoms with Crippen LogP contribution in [0.2, 0.25) is 0 Å². The highest BCUT2D eigenvalue weighted by Crippen LogP contribution is 2.23. The van der Waals surface area contributed by atoms with Crippen LogP contribution in [0.15, 0.2) is 24.3 Å². The van der Waals surface area contributed by atoms with Crippen LogP contribution >= 0.6 is 0 Å². The summed E-state index contributed by atoms with van der Waals surface area (Å²) in [5.74, 6) is -0.360. The van der Waals surface area contributed by atoms with Crippen molar-refractivity contribution in [1.82, 2.24) is 0 Å². The molecule has 0 aromatic heterocycles. The Morgan fingerprint density at radius 3 is 2.46 bits per heavy atom. The molecule has 0 aliphatic carbocycles. The van der Waals surface area contributed by atoms with Crippen molar-refractivity contribution in [1.29, 1.82) is 0 Å². The highest BCUT2D eigenvalue weighted by molar-refractivity contribution is 7.92. The molecular weight excluding hydrogens is 190 g/mol. The molecule has 13 heavy (non-hydrogen) atoms. The van der Waals surface area contributed by atoms with Crippen LogP contribution in [-0.2, 0) is 15.1 Å². The van der Waals surface area contributed by atoms with Crippen LogP contribution in [0.4, 0.5) is 5.69 Å². The maximum atomic E-state index is 11.1. The highest BCUT2D eigenvalue weighted by Gasteiger charge is 2.09. The molecule has 5 heteroatoms. The van der Waals surface area contributed by atoms with E-state index in [0.717, 1.165) is 0 Å². The van der Waals surface area contributed by atoms with Crippen molar-refractivity contribution in [2.24, 2.45) is 0 Å². The molecule has 0 amide bonds. The summed E-state index contributed by atoms with van der Waals surface area (Å²) < 4.78 is 24.3. The number of anilines is 1. The predicted molar refractivity (Wildman–Crippen MR) is 49.7 cm³/mol. The maximum Gasteiger partial charge on any atom is 0.232 e. The Morgan fingerprint density at radius 1 is 1.31 bits per heavy atom. The minimum atomic E-state index is -3.35. The van der Waals surface area contributed by atoms with E-state index >= 15 is 0 Å². The van der Waals surface area contributed by atoms with Crippen LogP contribution in [0, 0.1) is 0 Å². The van der Waals surface area contributed by atoms with E-state index in [1.807, 2.05) is 0 Å². The number of hydrogen-bond acceptors (Lipinski definition) is 2. The lowest BCUT2D eigenvalue weighted by atomic mass is 10.3. The molecule has 0 saturated heterocycles. The molecule has 1 aromatic rings. The van der Waals surface area contributed by atoms with Gasteiger partial charge in [-0.05, 0) is 19.1 Å². The molecule has 4 nitrogen and oxygen atoms in total. The minimum absolute atomic E-state index is 0.0403. The topological polar surface area (TPSA) is 66.1 Å². The Kier molecular flexibility index (Phi) is 2.77. The van der Waals surface area contributed by atoms with Gasteiger partial charge in [0, 0.05) is 0 Å². The van der Waals surface area contributed by atoms with Crippen molar-refractivity contribution in [3.8, 4) is 5.75 Å². The fourth-order valence-electron chi connectivity index (χ4n) is 0.791. The number of hydrogen-bond donors (Lipinski definition) is 1. The monoisotopic (exact) mass is 200 g/mol. The van der Waals surface area contributed by atoms with E-state index < -0.39 is 10.0 Å². The van der Waals surface area contributed by atoms with Crippen molar-refractivity contribution in [3.05, 3.63) is 24.3 Å². The van der Waals surface area contributed by atoms with E-state index in [-0.39, 0.29) is 17.2 Å². The molecule has 0 bridgehead atoms. The zero-order chi connectivity index (χ0) is 9.90. The average Bonchev–Trinajstić information content (AvgIpc) is 2.09. The van der Waals surface area contributed by atoms with Crippen LogP contribution in [0.3, 0.4) is 0 Å². The number of para-hydroxylation sites is 2. The van der Waals surface area contributed by atoms with Crippen molar-refractivity contribution >= 4 is 15.7 Å². The molecule has 1 rings (SSSR count). The summed E-state index contributed by atoms with van der Waals surface area (Å²) in [6, 6.07) is 5.92. The third kappa shape index (κ3) is 2.62. The first-order chi connectivity index (χ1) is 6.05. The van der Waals surface area contributed by atoms with Crippen LogP contribution in [0.5, 0.6) is 5.75 Å². The Labute approximate surface area is 77.3 Å². The molecule has 0 aliphatic heterocycles. The third-order valence-corrected chi connectivity index (χ3v) is 2.82. The van der Waals surface area contributed by atoms with E-state index in [9.17, 15) is 13.5 Å². The van der Waals surface area contributed by atoms with E-state index in [4.69, 9.17) is 0 Å². The van der Waals surface area contributed by atoms with E-state index in [1.54, 1.807) is 12.1 Å². The van der Waals surface area contributed by atoms with Gasteiger partial charge in [-0.15, -0.1) is 0 Å². The van der Waals surface area contributed by atoms with E-state index in [1.165, 1.54) is 19.1 Å². The first-order valence-corrected chi connectivity index (χ1v) is 5.47. The number of benzene rings is 1. The lowest BCUT2D eigenvalue weighted by Gasteiger charge is -2.05. The molecule has 0 fully saturated rings. The lowest BCUT2D eigenvalue weighted by Crippen LogP contribution is -2.14. The second kappa shape index (κ2) is 3.66. The van der Waals surface area contributed by atoms with Crippen molar-refractivity contribution in [2.75, 3.05) is 10.5 Å². The zero-order valence-corrected chi connectivity index (χ0v) is 7.97. The summed E-state index contributed by atoms with van der Waals surface area (Å²) in [7, 11) is -3.35. The maximum absolute atomic E-state index is 11.1. The van der Waals surface area contributed by atoms with Crippen LogP contribution < -0.4 is 4.72 Å². The van der Waals surface area contributed by atoms with Gasteiger partial charge in [0.05, 0.1) is 11.4 Å². The zero-order valence-electron chi connectivity index (χ0n) is 7.15. The molecule has 0 spiro atoms. The normalized spacial score (nSPS) is 11.2. The van der Waals surface area contributed by atoms with E-state index in [0.29, 0.717) is 0 Å². The minimum Gasteiger partial charge on any atom is -0.288 e. The largest absolute Gasteiger partial charge is 0.288 e. The first-order valence-electron chi connectivity index (χ1n) is 3.81. The van der Waals surface area contributed by atoms with Gasteiger partial charge in [0.25, 0.3) is 0 Å². The smallest absolute Gasteiger partial charge is 0.232 e. The SMILES string of the molecule is CCS(=O)(=O)Nc1ccccc1[O]. The second-order valence-corrected chi connectivity index (χ2v) is 4.51. The van der Waals surface area contributed by atoms with Gasteiger partial charge >= 0.3 is 0 Å². The molecule has 0 unspecified atom stereocenters. The van der Waals surface area contributed by atoms with Crippen molar-refractivity contribution in [2.45, 2.75) is 6.92 Å². The van der Waals surface area contributed by atoms with Crippen LogP contribution in [0.1, 0.15) is 6.92 Å². The third-order valence-electron chi connectivity index (χ3n) is 1.53. The first kappa shape index (κ1) is 9.85. The van der Waals surface area contributed by atoms with Gasteiger partial charge in [-0.25, -0.2) is 8.42 Å². The quantitative estimate of drug-likeness (QED) is 0.805. The Morgan fingerprint density at radius 2 is 1.92 bits per heavy atom. The van der Waals surface area contributed by atoms with Gasteiger partial charge in [-0.3, -0.25) is 9.83 Å². The van der Waals surface area contributed by atoms with Crippen LogP contribution in [-0.4, -0.2) is 14.2 Å². The average molecular weight is 200 g/mol. The van der Waals surface area contributed by atoms with Gasteiger partial charge in [-0.1, -0.05) is 12.1 Å². The van der Waals surface area contributed by atoms with Gasteiger partial charge in [0.2, 0.25) is 15.8 Å². The molecular formula is C8H10NO3S. The van der Waals surface area contributed by atoms with Gasteiger partial charge in [0.15, 0.2) is 0 Å². The highest BCUT2D eigenvalue weighted by atomic mass is 32.2. The summed E-state index contributed by atoms with van der Waals surface area (Å²) in [6.45, 7) is 1.51. The standard InChI is InChI=1S/C8H10NO3S/c1-2-13(11,12)9-7-5-3-4-6-8(7)10/h3-6,9H,2H2,1H3. The summed E-state index contributed by atoms with van der Waals surface area (Å²) in [6.07, 6.45) is 0. The summed E-state index contributed by atoms with van der Waals surface area (Å²) in [5, 5.41) is 11.1. The Bertz CT molecular complexity index is 386. The van der Waals surface area contributed by atoms with Crippen molar-refractivity contribution in [3.63, 3.8) is 0 Å². The predicted octanol–water partition coefficient (Wildman–Crippen LogP) is 1.59. The molecule has 0 aliphatic rings. The molecule has 0 heterocycles. The fourth-order valence-corrected chi connectivity index (χ4v) is 1.44.